The predicted molar refractivity (Wildman–Crippen MR) is 97.4 cm³/mol. The standard InChI is InChI=1S/C16H22N6O4S/c17-14(24)12-2-1-3-22(12)16(26)10(4-9-5-18-8-19-9)21-15(25)11-6-27-7-13(23)20-11/h5,8,10-12H,1-4,6-7H2,(H2,17,24)(H,18,19)(H,20,23)(H,21,25)/t10-,11?,12-/m0/s1. The number of hydrogen-bond donors (Lipinski definition) is 4. The first-order valence-electron chi connectivity index (χ1n) is 8.70. The van der Waals surface area contributed by atoms with E-state index in [1.807, 2.05) is 0 Å². The summed E-state index contributed by atoms with van der Waals surface area (Å²) in [6, 6.07) is -2.25. The molecule has 0 saturated carbocycles. The Balaban J connectivity index is 1.74. The van der Waals surface area contributed by atoms with Crippen molar-refractivity contribution in [1.29, 1.82) is 0 Å². The van der Waals surface area contributed by atoms with E-state index in [2.05, 4.69) is 20.6 Å². The van der Waals surface area contributed by atoms with Gasteiger partial charge in [-0.05, 0) is 12.8 Å². The average Bonchev–Trinajstić information content (AvgIpc) is 3.32. The maximum atomic E-state index is 13.0. The first-order chi connectivity index (χ1) is 13.0. The van der Waals surface area contributed by atoms with Crippen LogP contribution < -0.4 is 16.4 Å². The molecular formula is C16H22N6O4S. The fourth-order valence-corrected chi connectivity index (χ4v) is 4.16. The number of carbonyl (C=O) groups excluding carboxylic acids is 4. The second-order valence-corrected chi connectivity index (χ2v) is 7.60. The van der Waals surface area contributed by atoms with Crippen LogP contribution in [0.3, 0.4) is 0 Å². The van der Waals surface area contributed by atoms with E-state index in [0.717, 1.165) is 0 Å². The molecule has 2 fully saturated rings. The topological polar surface area (TPSA) is 150 Å². The summed E-state index contributed by atoms with van der Waals surface area (Å²) in [6.45, 7) is 0.414. The summed E-state index contributed by atoms with van der Waals surface area (Å²) in [5.41, 5.74) is 6.08. The Labute approximate surface area is 160 Å². The molecular weight excluding hydrogens is 372 g/mol. The summed E-state index contributed by atoms with van der Waals surface area (Å²) < 4.78 is 0. The van der Waals surface area contributed by atoms with E-state index in [-0.39, 0.29) is 18.2 Å². The van der Waals surface area contributed by atoms with Crippen molar-refractivity contribution in [3.05, 3.63) is 18.2 Å². The molecule has 11 heteroatoms. The molecule has 3 rings (SSSR count). The van der Waals surface area contributed by atoms with E-state index in [0.29, 0.717) is 36.6 Å². The van der Waals surface area contributed by atoms with E-state index in [4.69, 9.17) is 5.73 Å². The number of primary amides is 1. The molecule has 3 heterocycles. The van der Waals surface area contributed by atoms with Crippen molar-refractivity contribution >= 4 is 35.4 Å². The third kappa shape index (κ3) is 4.59. The Bertz CT molecular complexity index is 725. The van der Waals surface area contributed by atoms with Crippen LogP contribution in [0, 0.1) is 0 Å². The van der Waals surface area contributed by atoms with E-state index in [9.17, 15) is 19.2 Å². The number of amides is 4. The molecule has 1 aromatic heterocycles. The zero-order valence-electron chi connectivity index (χ0n) is 14.6. The Hall–Kier alpha value is -2.56. The van der Waals surface area contributed by atoms with Crippen LogP contribution in [0.5, 0.6) is 0 Å². The molecule has 2 aliphatic heterocycles. The van der Waals surface area contributed by atoms with Gasteiger partial charge in [0.15, 0.2) is 0 Å². The Morgan fingerprint density at radius 3 is 2.93 bits per heavy atom. The number of H-pyrrole nitrogens is 1. The fourth-order valence-electron chi connectivity index (χ4n) is 3.30. The minimum absolute atomic E-state index is 0.195. The van der Waals surface area contributed by atoms with Crippen molar-refractivity contribution in [2.75, 3.05) is 18.1 Å². The molecule has 0 radical (unpaired) electrons. The van der Waals surface area contributed by atoms with Gasteiger partial charge in [-0.25, -0.2) is 4.98 Å². The Morgan fingerprint density at radius 1 is 1.44 bits per heavy atom. The van der Waals surface area contributed by atoms with Gasteiger partial charge < -0.3 is 26.3 Å². The van der Waals surface area contributed by atoms with Crippen LogP contribution in [0.15, 0.2) is 12.5 Å². The number of nitrogens with two attached hydrogens (primary N) is 1. The highest BCUT2D eigenvalue weighted by atomic mass is 32.2. The van der Waals surface area contributed by atoms with Gasteiger partial charge in [-0.1, -0.05) is 0 Å². The van der Waals surface area contributed by atoms with E-state index >= 15 is 0 Å². The highest BCUT2D eigenvalue weighted by Crippen LogP contribution is 2.19. The van der Waals surface area contributed by atoms with Crippen LogP contribution in [-0.4, -0.2) is 74.7 Å². The number of hydrogen-bond acceptors (Lipinski definition) is 6. The number of imidazole rings is 1. The molecule has 5 N–H and O–H groups in total. The number of rotatable bonds is 6. The molecule has 1 unspecified atom stereocenters. The minimum Gasteiger partial charge on any atom is -0.368 e. The highest BCUT2D eigenvalue weighted by Gasteiger charge is 2.38. The number of carbonyl (C=O) groups is 4. The molecule has 1 aromatic rings. The molecule has 0 aliphatic carbocycles. The van der Waals surface area contributed by atoms with Gasteiger partial charge in [-0.3, -0.25) is 19.2 Å². The zero-order chi connectivity index (χ0) is 19.4. The molecule has 2 aliphatic rings. The maximum absolute atomic E-state index is 13.0. The number of thioether (sulfide) groups is 1. The summed E-state index contributed by atoms with van der Waals surface area (Å²) >= 11 is 1.36. The van der Waals surface area contributed by atoms with Crippen molar-refractivity contribution in [2.45, 2.75) is 37.4 Å². The number of aromatic amines is 1. The number of aromatic nitrogens is 2. The molecule has 3 atom stereocenters. The molecule has 0 spiro atoms. The van der Waals surface area contributed by atoms with Gasteiger partial charge >= 0.3 is 0 Å². The summed E-state index contributed by atoms with van der Waals surface area (Å²) in [6.07, 6.45) is 4.44. The van der Waals surface area contributed by atoms with Crippen LogP contribution in [0.4, 0.5) is 0 Å². The van der Waals surface area contributed by atoms with Crippen LogP contribution in [0.1, 0.15) is 18.5 Å². The first-order valence-corrected chi connectivity index (χ1v) is 9.85. The first kappa shape index (κ1) is 19.2. The van der Waals surface area contributed by atoms with Gasteiger partial charge in [0.1, 0.15) is 18.1 Å². The minimum atomic E-state index is -0.887. The van der Waals surface area contributed by atoms with Gasteiger partial charge in [0.25, 0.3) is 0 Å². The lowest BCUT2D eigenvalue weighted by Gasteiger charge is -2.29. The van der Waals surface area contributed by atoms with E-state index in [1.165, 1.54) is 23.0 Å². The summed E-state index contributed by atoms with van der Waals surface area (Å²) in [5.74, 6) is -0.804. The van der Waals surface area contributed by atoms with Gasteiger partial charge in [0.2, 0.25) is 23.6 Å². The van der Waals surface area contributed by atoms with Gasteiger partial charge in [0, 0.05) is 30.6 Å². The Kier molecular flexibility index (Phi) is 5.99. The molecule has 4 amide bonds. The predicted octanol–water partition coefficient (Wildman–Crippen LogP) is -1.86. The third-order valence-corrected chi connectivity index (χ3v) is 5.66. The summed E-state index contributed by atoms with van der Waals surface area (Å²) in [4.78, 5) is 57.1. The summed E-state index contributed by atoms with van der Waals surface area (Å²) in [7, 11) is 0. The second-order valence-electron chi connectivity index (χ2n) is 6.57. The maximum Gasteiger partial charge on any atom is 0.246 e. The second kappa shape index (κ2) is 8.42. The van der Waals surface area contributed by atoms with E-state index < -0.39 is 29.9 Å². The Morgan fingerprint density at radius 2 is 2.26 bits per heavy atom. The van der Waals surface area contributed by atoms with Crippen LogP contribution >= 0.6 is 11.8 Å². The van der Waals surface area contributed by atoms with Gasteiger partial charge in [-0.2, -0.15) is 0 Å². The molecule has 2 saturated heterocycles. The number of nitrogens with one attached hydrogen (secondary N) is 3. The third-order valence-electron chi connectivity index (χ3n) is 4.63. The molecule has 27 heavy (non-hydrogen) atoms. The van der Waals surface area contributed by atoms with Crippen molar-refractivity contribution < 1.29 is 19.2 Å². The van der Waals surface area contributed by atoms with Crippen molar-refractivity contribution in [3.63, 3.8) is 0 Å². The molecule has 0 bridgehead atoms. The molecule has 10 nitrogen and oxygen atoms in total. The monoisotopic (exact) mass is 394 g/mol. The van der Waals surface area contributed by atoms with Crippen LogP contribution in [0.2, 0.25) is 0 Å². The smallest absolute Gasteiger partial charge is 0.246 e. The van der Waals surface area contributed by atoms with Crippen molar-refractivity contribution in [2.24, 2.45) is 5.73 Å². The SMILES string of the molecule is NC(=O)[C@@H]1CCCN1C(=O)[C@H](Cc1cnc[nH]1)NC(=O)C1CSCC(=O)N1. The van der Waals surface area contributed by atoms with Crippen LogP contribution in [0.25, 0.3) is 0 Å². The van der Waals surface area contributed by atoms with E-state index in [1.54, 1.807) is 6.20 Å². The quantitative estimate of drug-likeness (QED) is 0.445. The summed E-state index contributed by atoms with van der Waals surface area (Å²) in [5, 5.41) is 5.35. The fraction of sp³-hybridized carbons (Fsp3) is 0.562. The van der Waals surface area contributed by atoms with Gasteiger partial charge in [-0.15, -0.1) is 11.8 Å². The van der Waals surface area contributed by atoms with Gasteiger partial charge in [0.05, 0.1) is 12.1 Å². The van der Waals surface area contributed by atoms with Crippen molar-refractivity contribution in [3.8, 4) is 0 Å². The number of nitrogens with zero attached hydrogens (tertiary/aromatic N) is 2. The largest absolute Gasteiger partial charge is 0.368 e. The normalized spacial score (nSPS) is 23.6. The lowest BCUT2D eigenvalue weighted by molar-refractivity contribution is -0.141. The zero-order valence-corrected chi connectivity index (χ0v) is 15.5. The van der Waals surface area contributed by atoms with Crippen LogP contribution in [-0.2, 0) is 25.6 Å². The molecule has 0 aromatic carbocycles. The number of likely N-dealkylation sites (tertiary alicyclic amines) is 1. The highest BCUT2D eigenvalue weighted by molar-refractivity contribution is 8.00. The van der Waals surface area contributed by atoms with Crippen molar-refractivity contribution in [1.82, 2.24) is 25.5 Å². The average molecular weight is 394 g/mol. The lowest BCUT2D eigenvalue weighted by Crippen LogP contribution is -2.58. The lowest BCUT2D eigenvalue weighted by atomic mass is 10.1. The molecule has 146 valence electrons.